The molecule has 7 heteroatoms. The van der Waals surface area contributed by atoms with Crippen molar-refractivity contribution in [1.82, 2.24) is 20.8 Å². The molecule has 0 radical (unpaired) electrons. The molecule has 3 N–H and O–H groups in total. The molecule has 0 unspecified atom stereocenters. The minimum absolute atomic E-state index is 0.0268. The molecule has 0 bridgehead atoms. The van der Waals surface area contributed by atoms with Gasteiger partial charge in [-0.25, -0.2) is 9.89 Å². The summed E-state index contributed by atoms with van der Waals surface area (Å²) in [6.07, 6.45) is 5.85. The van der Waals surface area contributed by atoms with Crippen LogP contribution in [0.5, 0.6) is 0 Å². The lowest BCUT2D eigenvalue weighted by Crippen LogP contribution is -2.49. The summed E-state index contributed by atoms with van der Waals surface area (Å²) in [7, 11) is 0. The number of hydrogen-bond donors (Lipinski definition) is 3. The molecular formula is C27H31N5O2. The van der Waals surface area contributed by atoms with E-state index in [4.69, 9.17) is 0 Å². The summed E-state index contributed by atoms with van der Waals surface area (Å²) in [5.41, 5.74) is 3.30. The quantitative estimate of drug-likeness (QED) is 0.546. The minimum atomic E-state index is -0.141. The van der Waals surface area contributed by atoms with Crippen LogP contribution in [0.4, 0.5) is 10.5 Å². The number of urea groups is 1. The molecule has 3 aromatic rings. The van der Waals surface area contributed by atoms with Gasteiger partial charge in [-0.3, -0.25) is 9.69 Å². The van der Waals surface area contributed by atoms with Crippen LogP contribution in [0.1, 0.15) is 55.7 Å². The van der Waals surface area contributed by atoms with Gasteiger partial charge in [-0.2, -0.15) is 5.10 Å². The first kappa shape index (κ1) is 21.4. The summed E-state index contributed by atoms with van der Waals surface area (Å²) in [5, 5.41) is 15.5. The predicted molar refractivity (Wildman–Crippen MR) is 133 cm³/mol. The molecule has 2 fully saturated rings. The van der Waals surface area contributed by atoms with E-state index in [-0.39, 0.29) is 23.0 Å². The van der Waals surface area contributed by atoms with E-state index in [1.807, 2.05) is 35.2 Å². The Kier molecular flexibility index (Phi) is 5.37. The summed E-state index contributed by atoms with van der Waals surface area (Å²) < 4.78 is 0. The Hall–Kier alpha value is -3.19. The van der Waals surface area contributed by atoms with Crippen LogP contribution in [0.25, 0.3) is 10.8 Å². The molecule has 1 aromatic heterocycles. The van der Waals surface area contributed by atoms with Gasteiger partial charge in [-0.1, -0.05) is 36.4 Å². The molecular weight excluding hydrogens is 426 g/mol. The van der Waals surface area contributed by atoms with E-state index in [2.05, 4.69) is 39.0 Å². The highest BCUT2D eigenvalue weighted by Crippen LogP contribution is 2.46. The fourth-order valence-corrected chi connectivity index (χ4v) is 6.36. The smallest absolute Gasteiger partial charge is 0.322 e. The Morgan fingerprint density at radius 1 is 0.971 bits per heavy atom. The van der Waals surface area contributed by atoms with Crippen molar-refractivity contribution < 1.29 is 4.79 Å². The van der Waals surface area contributed by atoms with Gasteiger partial charge >= 0.3 is 6.03 Å². The van der Waals surface area contributed by atoms with Gasteiger partial charge in [-0.15, -0.1) is 0 Å². The summed E-state index contributed by atoms with van der Waals surface area (Å²) in [6.45, 7) is 2.77. The van der Waals surface area contributed by atoms with Gasteiger partial charge in [0, 0.05) is 35.0 Å². The first-order chi connectivity index (χ1) is 16.6. The van der Waals surface area contributed by atoms with Gasteiger partial charge in [0.15, 0.2) is 0 Å². The van der Waals surface area contributed by atoms with Crippen molar-refractivity contribution in [3.05, 3.63) is 70.1 Å². The van der Waals surface area contributed by atoms with Crippen molar-refractivity contribution in [1.29, 1.82) is 0 Å². The Morgan fingerprint density at radius 3 is 2.47 bits per heavy atom. The van der Waals surface area contributed by atoms with Crippen LogP contribution in [-0.2, 0) is 5.41 Å². The van der Waals surface area contributed by atoms with E-state index in [1.54, 1.807) is 0 Å². The number of nitrogens with zero attached hydrogens (tertiary/aromatic N) is 2. The van der Waals surface area contributed by atoms with Crippen molar-refractivity contribution in [2.75, 3.05) is 24.5 Å². The van der Waals surface area contributed by atoms with Crippen LogP contribution in [0.3, 0.4) is 0 Å². The molecule has 1 saturated carbocycles. The van der Waals surface area contributed by atoms with E-state index in [1.165, 1.54) is 5.56 Å². The third kappa shape index (κ3) is 3.59. The standard InChI is InChI=1S/C27H31N5O2/c33-25-21-6-2-1-5-20(21)24(30-31-25)18-9-11-19(12-10-18)29-26(34)32-17-27(13-15-28-16-14-27)22-7-3-4-8-23(22)32/h1-8,18-19,28H,9-17H2,(H,29,34)(H,31,33)/t18-,19-. The average Bonchev–Trinajstić information content (AvgIpc) is 3.19. The summed E-state index contributed by atoms with van der Waals surface area (Å²) in [6, 6.07) is 16.3. The molecule has 7 nitrogen and oxygen atoms in total. The highest BCUT2D eigenvalue weighted by atomic mass is 16.2. The molecule has 3 heterocycles. The van der Waals surface area contributed by atoms with E-state index < -0.39 is 0 Å². The molecule has 1 saturated heterocycles. The number of aromatic nitrogens is 2. The number of nitrogens with one attached hydrogen (secondary N) is 3. The van der Waals surface area contributed by atoms with Crippen molar-refractivity contribution in [2.45, 2.75) is 55.9 Å². The normalized spacial score (nSPS) is 23.7. The number of anilines is 1. The molecule has 0 atom stereocenters. The van der Waals surface area contributed by atoms with Crippen LogP contribution in [-0.4, -0.2) is 41.9 Å². The van der Waals surface area contributed by atoms with Crippen LogP contribution >= 0.6 is 0 Å². The molecule has 3 aliphatic rings. The molecule has 1 spiro atoms. The second-order valence-corrected chi connectivity index (χ2v) is 10.1. The Labute approximate surface area is 198 Å². The van der Waals surface area contributed by atoms with Crippen molar-refractivity contribution >= 4 is 22.5 Å². The zero-order valence-electron chi connectivity index (χ0n) is 19.3. The van der Waals surface area contributed by atoms with Crippen molar-refractivity contribution in [2.24, 2.45) is 0 Å². The van der Waals surface area contributed by atoms with Crippen LogP contribution < -0.4 is 21.1 Å². The first-order valence-corrected chi connectivity index (χ1v) is 12.5. The highest BCUT2D eigenvalue weighted by molar-refractivity contribution is 5.95. The van der Waals surface area contributed by atoms with Gasteiger partial charge < -0.3 is 10.6 Å². The van der Waals surface area contributed by atoms with E-state index in [0.29, 0.717) is 11.3 Å². The second-order valence-electron chi connectivity index (χ2n) is 10.1. The zero-order chi connectivity index (χ0) is 23.1. The van der Waals surface area contributed by atoms with Gasteiger partial charge in [0.1, 0.15) is 0 Å². The van der Waals surface area contributed by atoms with E-state index >= 15 is 0 Å². The fourth-order valence-electron chi connectivity index (χ4n) is 6.36. The zero-order valence-corrected chi connectivity index (χ0v) is 19.3. The lowest BCUT2D eigenvalue weighted by molar-refractivity contribution is 0.234. The predicted octanol–water partition coefficient (Wildman–Crippen LogP) is 3.80. The number of benzene rings is 2. The number of amides is 2. The van der Waals surface area contributed by atoms with Crippen LogP contribution in [0.15, 0.2) is 53.3 Å². The Balaban J connectivity index is 1.14. The van der Waals surface area contributed by atoms with E-state index in [9.17, 15) is 9.59 Å². The largest absolute Gasteiger partial charge is 0.335 e. The maximum absolute atomic E-state index is 13.4. The Bertz CT molecular complexity index is 1270. The monoisotopic (exact) mass is 457 g/mol. The third-order valence-corrected chi connectivity index (χ3v) is 8.20. The number of carbonyl (C=O) groups is 1. The first-order valence-electron chi connectivity index (χ1n) is 12.5. The summed E-state index contributed by atoms with van der Waals surface area (Å²) in [5.74, 6) is 0.292. The van der Waals surface area contributed by atoms with Gasteiger partial charge in [-0.05, 0) is 69.3 Å². The number of piperidine rings is 1. The lowest BCUT2D eigenvalue weighted by atomic mass is 9.75. The SMILES string of the molecule is O=C(N[C@H]1CC[C@H](c2n[nH]c(=O)c3ccccc32)CC1)N1CC2(CCNCC2)c2ccccc21. The maximum Gasteiger partial charge on any atom is 0.322 e. The minimum Gasteiger partial charge on any atom is -0.335 e. The second kappa shape index (κ2) is 8.55. The molecule has 1 aliphatic carbocycles. The topological polar surface area (TPSA) is 90.1 Å². The lowest BCUT2D eigenvalue weighted by Gasteiger charge is -2.35. The number of carbonyl (C=O) groups excluding carboxylic acids is 1. The fraction of sp³-hybridized carbons (Fsp3) is 0.444. The van der Waals surface area contributed by atoms with Gasteiger partial charge in [0.05, 0.1) is 11.1 Å². The van der Waals surface area contributed by atoms with Gasteiger partial charge in [0.2, 0.25) is 0 Å². The molecule has 176 valence electrons. The number of hydrogen-bond acceptors (Lipinski definition) is 4. The highest BCUT2D eigenvalue weighted by Gasteiger charge is 2.45. The Morgan fingerprint density at radius 2 is 1.68 bits per heavy atom. The average molecular weight is 458 g/mol. The van der Waals surface area contributed by atoms with Crippen LogP contribution in [0, 0.1) is 0 Å². The number of H-pyrrole nitrogens is 1. The molecule has 2 aromatic carbocycles. The van der Waals surface area contributed by atoms with E-state index in [0.717, 1.165) is 74.9 Å². The van der Waals surface area contributed by atoms with Crippen molar-refractivity contribution in [3.63, 3.8) is 0 Å². The molecule has 2 amide bonds. The number of aromatic amines is 1. The number of para-hydroxylation sites is 1. The number of fused-ring (bicyclic) bond motifs is 3. The third-order valence-electron chi connectivity index (χ3n) is 8.20. The molecule has 6 rings (SSSR count). The summed E-state index contributed by atoms with van der Waals surface area (Å²) >= 11 is 0. The van der Waals surface area contributed by atoms with Crippen LogP contribution in [0.2, 0.25) is 0 Å². The van der Waals surface area contributed by atoms with Gasteiger partial charge in [0.25, 0.3) is 5.56 Å². The number of rotatable bonds is 2. The molecule has 2 aliphatic heterocycles. The van der Waals surface area contributed by atoms with Crippen molar-refractivity contribution in [3.8, 4) is 0 Å². The summed E-state index contributed by atoms with van der Waals surface area (Å²) in [4.78, 5) is 27.5. The maximum atomic E-state index is 13.4. The molecule has 34 heavy (non-hydrogen) atoms.